The maximum Gasteiger partial charge on any atom is 0.224 e. The van der Waals surface area contributed by atoms with Crippen molar-refractivity contribution in [2.75, 3.05) is 5.32 Å². The van der Waals surface area contributed by atoms with Gasteiger partial charge in [0.2, 0.25) is 5.91 Å². The van der Waals surface area contributed by atoms with Crippen molar-refractivity contribution in [3.8, 4) is 0 Å². The van der Waals surface area contributed by atoms with E-state index >= 15 is 0 Å². The molecule has 0 radical (unpaired) electrons. The number of aryl methyl sites for hydroxylation is 2. The van der Waals surface area contributed by atoms with Gasteiger partial charge in [-0.3, -0.25) is 4.79 Å². The van der Waals surface area contributed by atoms with Gasteiger partial charge in [0.05, 0.1) is 0 Å². The number of amides is 1. The van der Waals surface area contributed by atoms with E-state index in [-0.39, 0.29) is 18.3 Å². The predicted molar refractivity (Wildman–Crippen MR) is 115 cm³/mol. The van der Waals surface area contributed by atoms with E-state index in [9.17, 15) is 4.79 Å². The van der Waals surface area contributed by atoms with E-state index in [1.54, 1.807) is 0 Å². The van der Waals surface area contributed by atoms with Gasteiger partial charge in [-0.1, -0.05) is 0 Å². The number of hydrogen-bond donors (Lipinski definition) is 2. The van der Waals surface area contributed by atoms with E-state index in [1.165, 1.54) is 24.6 Å². The van der Waals surface area contributed by atoms with Gasteiger partial charge in [-0.05, 0) is 87.5 Å². The van der Waals surface area contributed by atoms with Crippen LogP contribution in [0.4, 0.5) is 5.69 Å². The van der Waals surface area contributed by atoms with Crippen LogP contribution in [0.1, 0.15) is 43.5 Å². The normalized spacial score (nSPS) is 23.1. The number of aromatic nitrogens is 2. The first kappa shape index (κ1) is 21.1. The minimum Gasteiger partial charge on any atom is -0.326 e. The fraction of sp³-hybridized carbons (Fsp3) is 0.476. The Hall–Kier alpha value is -1.63. The Morgan fingerprint density at radius 2 is 1.71 bits per heavy atom. The lowest BCUT2D eigenvalue weighted by molar-refractivity contribution is -0.117. The summed E-state index contributed by atoms with van der Waals surface area (Å²) >= 11 is 1.54. The van der Waals surface area contributed by atoms with Crippen molar-refractivity contribution in [1.82, 2.24) is 15.3 Å². The number of carbonyl (C=O) groups is 1. The Morgan fingerprint density at radius 1 is 1.11 bits per heavy atom. The number of hydrogen-bond acceptors (Lipinski definition) is 5. The summed E-state index contributed by atoms with van der Waals surface area (Å²) in [5, 5.41) is 7.44. The quantitative estimate of drug-likeness (QED) is 0.698. The number of carbonyl (C=O) groups excluding carboxylic acids is 1. The molecule has 2 aromatic rings. The Bertz CT molecular complexity index is 797. The number of nitrogens with zero attached hydrogens (tertiary/aromatic N) is 2. The number of anilines is 1. The molecule has 7 heteroatoms. The highest BCUT2D eigenvalue weighted by molar-refractivity contribution is 7.99. The number of fused-ring (bicyclic) bond motifs is 2. The first-order chi connectivity index (χ1) is 13.0. The van der Waals surface area contributed by atoms with E-state index in [0.717, 1.165) is 40.0 Å². The van der Waals surface area contributed by atoms with Gasteiger partial charge in [-0.2, -0.15) is 0 Å². The molecule has 0 aliphatic carbocycles. The fourth-order valence-corrected chi connectivity index (χ4v) is 5.13. The van der Waals surface area contributed by atoms with Crippen LogP contribution in [0.3, 0.4) is 0 Å². The number of rotatable bonds is 5. The summed E-state index contributed by atoms with van der Waals surface area (Å²) in [5.74, 6) is 0.639. The Labute approximate surface area is 176 Å². The maximum atomic E-state index is 12.4. The van der Waals surface area contributed by atoms with Gasteiger partial charge in [-0.25, -0.2) is 9.97 Å². The highest BCUT2D eigenvalue weighted by Crippen LogP contribution is 2.33. The molecular formula is C21H27ClN4OS. The number of halogens is 1. The average Bonchev–Trinajstić information content (AvgIpc) is 2.94. The van der Waals surface area contributed by atoms with Crippen molar-refractivity contribution in [3.63, 3.8) is 0 Å². The molecule has 1 aromatic heterocycles. The molecule has 1 aromatic carbocycles. The molecule has 0 spiro atoms. The van der Waals surface area contributed by atoms with Crippen LogP contribution in [0.25, 0.3) is 0 Å². The lowest BCUT2D eigenvalue weighted by Gasteiger charge is -2.28. The summed E-state index contributed by atoms with van der Waals surface area (Å²) in [6.45, 7) is 3.95. The van der Waals surface area contributed by atoms with Gasteiger partial charge in [0.25, 0.3) is 0 Å². The van der Waals surface area contributed by atoms with Gasteiger partial charge in [-0.15, -0.1) is 12.4 Å². The summed E-state index contributed by atoms with van der Waals surface area (Å²) in [4.78, 5) is 22.4. The average molecular weight is 419 g/mol. The van der Waals surface area contributed by atoms with Crippen LogP contribution in [-0.4, -0.2) is 28.0 Å². The molecule has 2 atom stereocenters. The second kappa shape index (κ2) is 9.25. The summed E-state index contributed by atoms with van der Waals surface area (Å²) in [7, 11) is 0. The molecular weight excluding hydrogens is 392 g/mol. The lowest BCUT2D eigenvalue weighted by atomic mass is 9.89. The highest BCUT2D eigenvalue weighted by Gasteiger charge is 2.34. The number of piperidine rings is 1. The molecule has 3 heterocycles. The van der Waals surface area contributed by atoms with Gasteiger partial charge < -0.3 is 10.6 Å². The molecule has 2 unspecified atom stereocenters. The van der Waals surface area contributed by atoms with Crippen LogP contribution in [0.5, 0.6) is 0 Å². The number of benzene rings is 1. The van der Waals surface area contributed by atoms with E-state index < -0.39 is 0 Å². The largest absolute Gasteiger partial charge is 0.326 e. The van der Waals surface area contributed by atoms with Crippen molar-refractivity contribution in [3.05, 3.63) is 41.7 Å². The molecule has 5 nitrogen and oxygen atoms in total. The maximum absolute atomic E-state index is 12.4. The van der Waals surface area contributed by atoms with Crippen LogP contribution >= 0.6 is 24.2 Å². The molecule has 2 aliphatic rings. The molecule has 2 saturated heterocycles. The van der Waals surface area contributed by atoms with Gasteiger partial charge >= 0.3 is 0 Å². The molecule has 2 N–H and O–H groups in total. The zero-order valence-electron chi connectivity index (χ0n) is 16.3. The molecule has 2 fully saturated rings. The highest BCUT2D eigenvalue weighted by atomic mass is 35.5. The van der Waals surface area contributed by atoms with Crippen LogP contribution in [0.2, 0.25) is 0 Å². The predicted octanol–water partition coefficient (Wildman–Crippen LogP) is 4.53. The molecule has 2 bridgehead atoms. The summed E-state index contributed by atoms with van der Waals surface area (Å²) in [6.07, 6.45) is 5.44. The second-order valence-electron chi connectivity index (χ2n) is 7.79. The van der Waals surface area contributed by atoms with Crippen LogP contribution in [-0.2, 0) is 4.79 Å². The zero-order valence-corrected chi connectivity index (χ0v) is 17.9. The summed E-state index contributed by atoms with van der Waals surface area (Å²) in [6, 6.07) is 11.1. The lowest BCUT2D eigenvalue weighted by Crippen LogP contribution is -2.39. The van der Waals surface area contributed by atoms with E-state index in [2.05, 4.69) is 20.6 Å². The first-order valence-electron chi connectivity index (χ1n) is 9.69. The van der Waals surface area contributed by atoms with Crippen LogP contribution in [0, 0.1) is 19.8 Å². The monoisotopic (exact) mass is 418 g/mol. The third kappa shape index (κ3) is 5.46. The summed E-state index contributed by atoms with van der Waals surface area (Å²) in [5.41, 5.74) is 2.79. The molecule has 150 valence electrons. The Balaban J connectivity index is 0.00000225. The third-order valence-corrected chi connectivity index (χ3v) is 6.23. The van der Waals surface area contributed by atoms with E-state index in [0.29, 0.717) is 24.4 Å². The number of nitrogens with one attached hydrogen (secondary N) is 2. The SMILES string of the molecule is Cc1cc(C)nc(Sc2ccc(NC(=O)CC3CC4CCC(C3)N4)cc2)n1.Cl. The Kier molecular flexibility index (Phi) is 6.96. The molecule has 2 aliphatic heterocycles. The third-order valence-electron chi connectivity index (χ3n) is 5.35. The molecule has 28 heavy (non-hydrogen) atoms. The first-order valence-corrected chi connectivity index (χ1v) is 10.5. The standard InChI is InChI=1S/C21H26N4OS.ClH/c1-13-9-14(2)23-21(22-13)27-19-7-5-16(6-8-19)25-20(26)12-15-10-17-3-4-18(11-15)24-17;/h5-9,15,17-18,24H,3-4,10-12H2,1-2H3,(H,25,26);1H. The van der Waals surface area contributed by atoms with E-state index in [4.69, 9.17) is 0 Å². The van der Waals surface area contributed by atoms with Crippen molar-refractivity contribution in [2.24, 2.45) is 5.92 Å². The molecule has 0 saturated carbocycles. The minimum absolute atomic E-state index is 0. The zero-order chi connectivity index (χ0) is 18.8. The molecule has 4 rings (SSSR count). The molecule has 1 amide bonds. The van der Waals surface area contributed by atoms with Crippen molar-refractivity contribution in [2.45, 2.75) is 68.1 Å². The second-order valence-corrected chi connectivity index (χ2v) is 8.83. The van der Waals surface area contributed by atoms with E-state index in [1.807, 2.05) is 44.2 Å². The van der Waals surface area contributed by atoms with Crippen molar-refractivity contribution < 1.29 is 4.79 Å². The fourth-order valence-electron chi connectivity index (χ4n) is 4.27. The van der Waals surface area contributed by atoms with Gasteiger partial charge in [0.1, 0.15) is 0 Å². The van der Waals surface area contributed by atoms with Crippen LogP contribution < -0.4 is 10.6 Å². The van der Waals surface area contributed by atoms with Crippen molar-refractivity contribution >= 4 is 35.8 Å². The van der Waals surface area contributed by atoms with Gasteiger partial charge in [0, 0.05) is 40.5 Å². The van der Waals surface area contributed by atoms with Crippen molar-refractivity contribution in [1.29, 1.82) is 0 Å². The Morgan fingerprint density at radius 3 is 2.32 bits per heavy atom. The van der Waals surface area contributed by atoms with Gasteiger partial charge in [0.15, 0.2) is 5.16 Å². The minimum atomic E-state index is 0. The summed E-state index contributed by atoms with van der Waals surface area (Å²) < 4.78 is 0. The smallest absolute Gasteiger partial charge is 0.224 e. The topological polar surface area (TPSA) is 66.9 Å². The van der Waals surface area contributed by atoms with Crippen LogP contribution in [0.15, 0.2) is 40.4 Å².